The third kappa shape index (κ3) is 2.45. The Kier molecular flexibility index (Phi) is 1.61. The third-order valence-corrected chi connectivity index (χ3v) is 8.37. The molecule has 0 radical (unpaired) electrons. The van der Waals surface area contributed by atoms with Crippen LogP contribution in [0.5, 0.6) is 0 Å². The van der Waals surface area contributed by atoms with E-state index in [-0.39, 0.29) is 0 Å². The fraction of sp³-hybridized carbons (Fsp3) is 0.800. The first kappa shape index (κ1) is 9.54. The summed E-state index contributed by atoms with van der Waals surface area (Å²) in [6, 6.07) is 0. The zero-order valence-electron chi connectivity index (χ0n) is 8.70. The normalized spacial score (nSPS) is 25.7. The molecule has 0 nitrogen and oxygen atoms in total. The van der Waals surface area contributed by atoms with Crippen LogP contribution in [-0.2, 0) is 14.0 Å². The molecular formula is C10H22Ti. The molecule has 1 aliphatic rings. The number of allylic oxidation sites excluding steroid dienone is 2. The molecular weight excluding hydrogens is 168 g/mol. The van der Waals surface area contributed by atoms with Gasteiger partial charge in [0, 0.05) is 0 Å². The summed E-state index contributed by atoms with van der Waals surface area (Å²) < 4.78 is 1.81. The van der Waals surface area contributed by atoms with Crippen molar-refractivity contribution in [1.82, 2.24) is 0 Å². The molecule has 1 aliphatic carbocycles. The summed E-state index contributed by atoms with van der Waals surface area (Å²) in [6.07, 6.45) is 6.61. The van der Waals surface area contributed by atoms with E-state index in [0.29, 0.717) is 0 Å². The Hall–Kier alpha value is 0.454. The molecule has 0 heterocycles. The van der Waals surface area contributed by atoms with E-state index in [1.807, 2.05) is 3.88 Å². The molecule has 0 spiro atoms. The van der Waals surface area contributed by atoms with Crippen LogP contribution in [0.1, 0.15) is 19.3 Å². The van der Waals surface area contributed by atoms with Crippen molar-refractivity contribution in [3.8, 4) is 0 Å². The third-order valence-electron chi connectivity index (χ3n) is 2.65. The van der Waals surface area contributed by atoms with Crippen LogP contribution in [0.3, 0.4) is 0 Å². The zero-order chi connectivity index (χ0) is 8.81. The average molecular weight is 190 g/mol. The van der Waals surface area contributed by atoms with Crippen molar-refractivity contribution in [2.24, 2.45) is 0 Å². The minimum atomic E-state index is -2.54. The molecule has 1 rings (SSSR count). The molecule has 0 bridgehead atoms. The number of hydrogen-bond acceptors (Lipinski definition) is 0. The predicted octanol–water partition coefficient (Wildman–Crippen LogP) is 4.52. The van der Waals surface area contributed by atoms with E-state index in [4.69, 9.17) is 0 Å². The molecule has 0 fully saturated rings. The van der Waals surface area contributed by atoms with Crippen LogP contribution in [-0.4, -0.2) is 0 Å². The number of hydrogen-bond donors (Lipinski definition) is 0. The van der Waals surface area contributed by atoms with Crippen molar-refractivity contribution in [3.05, 3.63) is 9.95 Å². The van der Waals surface area contributed by atoms with Gasteiger partial charge in [0.1, 0.15) is 0 Å². The summed E-state index contributed by atoms with van der Waals surface area (Å²) in [6.45, 7) is 0. The average Bonchev–Trinajstić information content (AvgIpc) is 2.01. The van der Waals surface area contributed by atoms with Crippen molar-refractivity contribution in [3.63, 3.8) is 0 Å². The van der Waals surface area contributed by atoms with E-state index < -0.39 is 14.0 Å². The maximum atomic E-state index is 2.52. The molecule has 0 aromatic carbocycles. The summed E-state index contributed by atoms with van der Waals surface area (Å²) >= 11 is -2.54. The summed E-state index contributed by atoms with van der Waals surface area (Å²) in [5, 5.41) is 12.6. The van der Waals surface area contributed by atoms with Gasteiger partial charge in [-0.25, -0.2) is 0 Å². The zero-order valence-corrected chi connectivity index (χ0v) is 10.3. The summed E-state index contributed by atoms with van der Waals surface area (Å²) in [7, 11) is 0. The Morgan fingerprint density at radius 3 is 1.82 bits per heavy atom. The van der Waals surface area contributed by atoms with Crippen LogP contribution >= 0.6 is 0 Å². The summed E-state index contributed by atoms with van der Waals surface area (Å²) in [5.41, 5.74) is 0. The Balaban J connectivity index is 3.08. The maximum absolute atomic E-state index is 2.54. The van der Waals surface area contributed by atoms with E-state index in [1.165, 1.54) is 19.3 Å². The van der Waals surface area contributed by atoms with Gasteiger partial charge in [0.2, 0.25) is 0 Å². The molecule has 0 saturated carbocycles. The van der Waals surface area contributed by atoms with Gasteiger partial charge in [-0.3, -0.25) is 0 Å². The van der Waals surface area contributed by atoms with Gasteiger partial charge in [0.05, 0.1) is 0 Å². The fourth-order valence-corrected chi connectivity index (χ4v) is 5.85. The Bertz CT molecular complexity index is 198. The number of rotatable bonds is 1. The molecule has 0 unspecified atom stereocenters. The molecule has 0 atom stereocenters. The molecule has 66 valence electrons. The van der Waals surface area contributed by atoms with Gasteiger partial charge in [-0.05, 0) is 0 Å². The topological polar surface area (TPSA) is 0 Å². The molecule has 1 heteroatoms. The quantitative estimate of drug-likeness (QED) is 0.533. The van der Waals surface area contributed by atoms with Crippen molar-refractivity contribution >= 4 is 0 Å². The van der Waals surface area contributed by atoms with E-state index in [2.05, 4.69) is 32.2 Å². The van der Waals surface area contributed by atoms with E-state index in [1.54, 1.807) is 0 Å². The minimum absolute atomic E-state index is 1.33. The van der Waals surface area contributed by atoms with Gasteiger partial charge >= 0.3 is 69.4 Å². The molecule has 0 amide bonds. The van der Waals surface area contributed by atoms with Crippen LogP contribution in [0.15, 0.2) is 9.95 Å². The first-order chi connectivity index (χ1) is 4.59. The molecule has 0 aromatic rings. The van der Waals surface area contributed by atoms with Gasteiger partial charge in [-0.15, -0.1) is 0 Å². The van der Waals surface area contributed by atoms with Crippen LogP contribution in [0, 0.1) is 0 Å². The van der Waals surface area contributed by atoms with Crippen molar-refractivity contribution in [2.45, 2.75) is 45.4 Å². The molecule has 0 aromatic heterocycles. The van der Waals surface area contributed by atoms with Gasteiger partial charge in [0.25, 0.3) is 0 Å². The SMILES string of the molecule is [CH3][Ti]([CH3])([CH3])([CH3])([CH3])[C]1=CCCC1. The first-order valence-corrected chi connectivity index (χ1v) is 13.4. The van der Waals surface area contributed by atoms with Gasteiger partial charge < -0.3 is 0 Å². The van der Waals surface area contributed by atoms with Gasteiger partial charge in [0.15, 0.2) is 0 Å². The molecule has 11 heavy (non-hydrogen) atoms. The molecule has 0 saturated heterocycles. The monoisotopic (exact) mass is 190 g/mol. The Labute approximate surface area is 69.5 Å². The van der Waals surface area contributed by atoms with E-state index in [9.17, 15) is 0 Å². The van der Waals surface area contributed by atoms with Crippen LogP contribution < -0.4 is 0 Å². The van der Waals surface area contributed by atoms with E-state index in [0.717, 1.165) is 0 Å². The second-order valence-electron chi connectivity index (χ2n) is 7.87. The molecule has 0 N–H and O–H groups in total. The fourth-order valence-electron chi connectivity index (χ4n) is 1.81. The van der Waals surface area contributed by atoms with Crippen LogP contribution in [0.2, 0.25) is 26.1 Å². The predicted molar refractivity (Wildman–Crippen MR) is 51.3 cm³/mol. The van der Waals surface area contributed by atoms with Gasteiger partial charge in [-0.1, -0.05) is 0 Å². The molecule has 0 aliphatic heterocycles. The van der Waals surface area contributed by atoms with Crippen molar-refractivity contribution in [2.75, 3.05) is 0 Å². The first-order valence-electron chi connectivity index (χ1n) is 4.80. The summed E-state index contributed by atoms with van der Waals surface area (Å²) in [4.78, 5) is 0. The second kappa shape index (κ2) is 1.85. The Morgan fingerprint density at radius 2 is 1.64 bits per heavy atom. The van der Waals surface area contributed by atoms with E-state index >= 15 is 0 Å². The van der Waals surface area contributed by atoms with Crippen molar-refractivity contribution in [1.29, 1.82) is 0 Å². The van der Waals surface area contributed by atoms with Crippen LogP contribution in [0.4, 0.5) is 0 Å². The second-order valence-corrected chi connectivity index (χ2v) is 28.4. The summed E-state index contributed by atoms with van der Waals surface area (Å²) in [5.74, 6) is 0. The van der Waals surface area contributed by atoms with Crippen LogP contribution in [0.25, 0.3) is 0 Å². The standard InChI is InChI=1S/C5H7.5CH3.Ti/c1-2-4-5-3-1;;;;;;/h1H,2,4-5H2;5*1H3;. The Morgan fingerprint density at radius 1 is 1.09 bits per heavy atom. The van der Waals surface area contributed by atoms with Gasteiger partial charge in [-0.2, -0.15) is 0 Å². The van der Waals surface area contributed by atoms with Crippen molar-refractivity contribution < 1.29 is 14.0 Å².